The van der Waals surface area contributed by atoms with Crippen molar-refractivity contribution in [1.29, 1.82) is 0 Å². The van der Waals surface area contributed by atoms with Crippen LogP contribution in [0.5, 0.6) is 0 Å². The number of rotatable bonds is 1. The summed E-state index contributed by atoms with van der Waals surface area (Å²) in [6.07, 6.45) is 4.45. The minimum atomic E-state index is -0.406. The van der Waals surface area contributed by atoms with Crippen LogP contribution in [-0.2, 0) is 4.74 Å². The van der Waals surface area contributed by atoms with Crippen LogP contribution < -0.4 is 11.5 Å². The van der Waals surface area contributed by atoms with Gasteiger partial charge < -0.3 is 16.2 Å². The van der Waals surface area contributed by atoms with Gasteiger partial charge in [-0.2, -0.15) is 0 Å². The van der Waals surface area contributed by atoms with E-state index in [2.05, 4.69) is 46.7 Å². The molecule has 0 unspecified atom stereocenters. The Hall–Kier alpha value is -2.91. The summed E-state index contributed by atoms with van der Waals surface area (Å²) in [5.74, 6) is 7.03. The van der Waals surface area contributed by atoms with Gasteiger partial charge in [-0.15, -0.1) is 0 Å². The monoisotopic (exact) mass is 363 g/mol. The molecular formula is C21H25N5O. The highest BCUT2D eigenvalue weighted by molar-refractivity contribution is 5.72. The molecule has 0 amide bonds. The molecular weight excluding hydrogens is 338 g/mol. The van der Waals surface area contributed by atoms with Crippen molar-refractivity contribution in [2.45, 2.75) is 52.2 Å². The molecule has 1 aliphatic rings. The molecule has 0 atom stereocenters. The van der Waals surface area contributed by atoms with Crippen molar-refractivity contribution in [2.24, 2.45) is 0 Å². The molecule has 27 heavy (non-hydrogen) atoms. The highest BCUT2D eigenvalue weighted by atomic mass is 16.5. The van der Waals surface area contributed by atoms with Crippen LogP contribution in [0.3, 0.4) is 0 Å². The van der Waals surface area contributed by atoms with Crippen molar-refractivity contribution in [1.82, 2.24) is 15.0 Å². The molecule has 3 heterocycles. The quantitative estimate of drug-likeness (QED) is 0.755. The highest BCUT2D eigenvalue weighted by Gasteiger charge is 2.35. The summed E-state index contributed by atoms with van der Waals surface area (Å²) in [5.41, 5.74) is 15.0. The largest absolute Gasteiger partial charge is 0.384 e. The highest BCUT2D eigenvalue weighted by Crippen LogP contribution is 2.38. The van der Waals surface area contributed by atoms with E-state index in [4.69, 9.17) is 16.2 Å². The Morgan fingerprint density at radius 2 is 1.81 bits per heavy atom. The van der Waals surface area contributed by atoms with Gasteiger partial charge in [0.1, 0.15) is 5.82 Å². The minimum absolute atomic E-state index is 0.241. The minimum Gasteiger partial charge on any atom is -0.384 e. The lowest BCUT2D eigenvalue weighted by Crippen LogP contribution is -2.39. The predicted molar refractivity (Wildman–Crippen MR) is 108 cm³/mol. The fourth-order valence-electron chi connectivity index (χ4n) is 3.45. The molecule has 0 saturated carbocycles. The third-order valence-corrected chi connectivity index (χ3v) is 4.21. The average Bonchev–Trinajstić information content (AvgIpc) is 2.52. The average molecular weight is 363 g/mol. The molecule has 0 radical (unpaired) electrons. The fourth-order valence-corrected chi connectivity index (χ4v) is 3.45. The van der Waals surface area contributed by atoms with Gasteiger partial charge in [-0.05, 0) is 58.4 Å². The number of nitrogens with zero attached hydrogens (tertiary/aromatic N) is 3. The van der Waals surface area contributed by atoms with Crippen molar-refractivity contribution >= 4 is 17.3 Å². The summed E-state index contributed by atoms with van der Waals surface area (Å²) in [5, 5.41) is 0. The number of aromatic nitrogens is 3. The van der Waals surface area contributed by atoms with E-state index < -0.39 is 5.60 Å². The van der Waals surface area contributed by atoms with Crippen LogP contribution in [0, 0.1) is 18.8 Å². The zero-order valence-electron chi connectivity index (χ0n) is 16.4. The molecule has 140 valence electrons. The Balaban J connectivity index is 2.12. The SMILES string of the molecule is Cc1nc(N)nc(C2=CC(C)(C)OC(C)(C)C2)c1C#Cc1ccc(N)nc1. The van der Waals surface area contributed by atoms with E-state index in [0.29, 0.717) is 12.2 Å². The Morgan fingerprint density at radius 3 is 2.44 bits per heavy atom. The maximum absolute atomic E-state index is 6.15. The molecule has 0 aliphatic carbocycles. The molecule has 2 aromatic heterocycles. The Bertz CT molecular complexity index is 963. The zero-order valence-corrected chi connectivity index (χ0v) is 16.4. The number of pyridine rings is 1. The van der Waals surface area contributed by atoms with Gasteiger partial charge in [0.05, 0.1) is 28.2 Å². The lowest BCUT2D eigenvalue weighted by molar-refractivity contribution is -0.100. The van der Waals surface area contributed by atoms with Gasteiger partial charge in [0.15, 0.2) is 0 Å². The van der Waals surface area contributed by atoms with Gasteiger partial charge in [-0.25, -0.2) is 15.0 Å². The molecule has 3 rings (SSSR count). The maximum atomic E-state index is 6.15. The number of hydrogen-bond donors (Lipinski definition) is 2. The lowest BCUT2D eigenvalue weighted by Gasteiger charge is -2.40. The summed E-state index contributed by atoms with van der Waals surface area (Å²) >= 11 is 0. The molecule has 6 nitrogen and oxygen atoms in total. The molecule has 1 aliphatic heterocycles. The summed E-state index contributed by atoms with van der Waals surface area (Å²) in [6, 6.07) is 3.56. The van der Waals surface area contributed by atoms with E-state index >= 15 is 0 Å². The summed E-state index contributed by atoms with van der Waals surface area (Å²) in [4.78, 5) is 12.9. The summed E-state index contributed by atoms with van der Waals surface area (Å²) < 4.78 is 6.15. The van der Waals surface area contributed by atoms with Crippen molar-refractivity contribution in [3.63, 3.8) is 0 Å². The number of aryl methyl sites for hydroxylation is 1. The smallest absolute Gasteiger partial charge is 0.220 e. The van der Waals surface area contributed by atoms with Gasteiger partial charge in [0.2, 0.25) is 5.95 Å². The van der Waals surface area contributed by atoms with E-state index in [9.17, 15) is 0 Å². The molecule has 0 aromatic carbocycles. The molecule has 6 heteroatoms. The summed E-state index contributed by atoms with van der Waals surface area (Å²) in [6.45, 7) is 10.1. The maximum Gasteiger partial charge on any atom is 0.220 e. The van der Waals surface area contributed by atoms with Crippen LogP contribution in [0.1, 0.15) is 56.6 Å². The van der Waals surface area contributed by atoms with Crippen LogP contribution >= 0.6 is 0 Å². The van der Waals surface area contributed by atoms with E-state index in [1.54, 1.807) is 12.3 Å². The standard InChI is InChI=1S/C21H25N5O/c1-13-16(8-6-14-7-9-17(22)24-12-14)18(26-19(23)25-13)15-10-20(2,3)27-21(4,5)11-15/h7,9-10,12H,11H2,1-5H3,(H2,22,24)(H2,23,25,26). The summed E-state index contributed by atoms with van der Waals surface area (Å²) in [7, 11) is 0. The first-order valence-corrected chi connectivity index (χ1v) is 8.85. The molecule has 0 fully saturated rings. The number of hydrogen-bond acceptors (Lipinski definition) is 6. The Morgan fingerprint density at radius 1 is 1.07 bits per heavy atom. The zero-order chi connectivity index (χ0) is 19.8. The second-order valence-corrected chi connectivity index (χ2v) is 7.92. The normalized spacial score (nSPS) is 17.6. The van der Waals surface area contributed by atoms with Crippen LogP contribution in [0.15, 0.2) is 24.4 Å². The third-order valence-electron chi connectivity index (χ3n) is 4.21. The first kappa shape index (κ1) is 18.9. The first-order valence-electron chi connectivity index (χ1n) is 8.85. The van der Waals surface area contributed by atoms with E-state index in [-0.39, 0.29) is 11.5 Å². The van der Waals surface area contributed by atoms with Crippen LogP contribution in [0.25, 0.3) is 5.57 Å². The van der Waals surface area contributed by atoms with Gasteiger partial charge in [0.25, 0.3) is 0 Å². The predicted octanol–water partition coefficient (Wildman–Crippen LogP) is 3.11. The topological polar surface area (TPSA) is 99.9 Å². The first-order chi connectivity index (χ1) is 12.5. The number of nitrogen functional groups attached to an aromatic ring is 2. The number of ether oxygens (including phenoxy) is 1. The van der Waals surface area contributed by atoms with Gasteiger partial charge in [-0.3, -0.25) is 0 Å². The van der Waals surface area contributed by atoms with Gasteiger partial charge >= 0.3 is 0 Å². The second kappa shape index (κ2) is 6.67. The van der Waals surface area contributed by atoms with E-state index in [1.165, 1.54) is 0 Å². The van der Waals surface area contributed by atoms with Gasteiger partial charge in [-0.1, -0.05) is 11.8 Å². The van der Waals surface area contributed by atoms with E-state index in [1.807, 2.05) is 26.8 Å². The molecule has 0 spiro atoms. The fraction of sp³-hybridized carbons (Fsp3) is 0.381. The molecule has 2 aromatic rings. The van der Waals surface area contributed by atoms with E-state index in [0.717, 1.165) is 28.1 Å². The Kier molecular flexibility index (Phi) is 4.66. The molecule has 0 saturated heterocycles. The lowest BCUT2D eigenvalue weighted by atomic mass is 9.86. The van der Waals surface area contributed by atoms with Crippen LogP contribution in [0.4, 0.5) is 11.8 Å². The number of anilines is 2. The number of nitrogens with two attached hydrogens (primary N) is 2. The third kappa shape index (κ3) is 4.44. The van der Waals surface area contributed by atoms with Crippen molar-refractivity contribution in [2.75, 3.05) is 11.5 Å². The van der Waals surface area contributed by atoms with Crippen LogP contribution in [-0.4, -0.2) is 26.2 Å². The van der Waals surface area contributed by atoms with Crippen molar-refractivity contribution < 1.29 is 4.74 Å². The second-order valence-electron chi connectivity index (χ2n) is 7.92. The molecule has 4 N–H and O–H groups in total. The van der Waals surface area contributed by atoms with Crippen LogP contribution in [0.2, 0.25) is 0 Å². The Labute approximate surface area is 160 Å². The van der Waals surface area contributed by atoms with Crippen molar-refractivity contribution in [3.8, 4) is 11.8 Å². The van der Waals surface area contributed by atoms with Crippen molar-refractivity contribution in [3.05, 3.63) is 46.9 Å². The van der Waals surface area contributed by atoms with Gasteiger partial charge in [0, 0.05) is 18.2 Å². The molecule has 0 bridgehead atoms.